The van der Waals surface area contributed by atoms with Gasteiger partial charge in [0.1, 0.15) is 17.5 Å². The fraction of sp³-hybridized carbons (Fsp3) is 0.538. The average molecular weight is 247 g/mol. The quantitative estimate of drug-likeness (QED) is 0.783. The maximum Gasteiger partial charge on any atom is 0.134 e. The maximum absolute atomic E-state index is 4.52. The van der Waals surface area contributed by atoms with Crippen LogP contribution in [0.25, 0.3) is 0 Å². The van der Waals surface area contributed by atoms with Crippen molar-refractivity contribution < 1.29 is 0 Å². The Morgan fingerprint density at radius 3 is 3.17 bits per heavy atom. The van der Waals surface area contributed by atoms with Crippen LogP contribution in [0.2, 0.25) is 0 Å². The first kappa shape index (κ1) is 12.8. The summed E-state index contributed by atoms with van der Waals surface area (Å²) in [6, 6.07) is 2.51. The summed E-state index contributed by atoms with van der Waals surface area (Å²) < 4.78 is 0. The summed E-state index contributed by atoms with van der Waals surface area (Å²) in [7, 11) is 0. The number of hydrogen-bond acceptors (Lipinski definition) is 5. The van der Waals surface area contributed by atoms with E-state index in [2.05, 4.69) is 39.0 Å². The number of aromatic nitrogens is 2. The van der Waals surface area contributed by atoms with Crippen molar-refractivity contribution in [2.24, 2.45) is 0 Å². The summed E-state index contributed by atoms with van der Waals surface area (Å²) >= 11 is 0. The van der Waals surface area contributed by atoms with E-state index < -0.39 is 0 Å². The monoisotopic (exact) mass is 247 g/mol. The third-order valence-corrected chi connectivity index (χ3v) is 2.94. The molecule has 5 nitrogen and oxygen atoms in total. The Morgan fingerprint density at radius 2 is 2.44 bits per heavy atom. The van der Waals surface area contributed by atoms with E-state index in [9.17, 15) is 0 Å². The SMILES string of the molecule is C=CCNc1cc(N2CCNC(C)C2)nc(C)n1. The predicted octanol–water partition coefficient (Wildman–Crippen LogP) is 1.18. The average Bonchev–Trinajstić information content (AvgIpc) is 2.36. The number of anilines is 2. The molecule has 1 aromatic heterocycles. The van der Waals surface area contributed by atoms with Gasteiger partial charge in [-0.3, -0.25) is 0 Å². The normalized spacial score (nSPS) is 19.7. The highest BCUT2D eigenvalue weighted by Crippen LogP contribution is 2.17. The van der Waals surface area contributed by atoms with Crippen LogP contribution in [0, 0.1) is 6.92 Å². The standard InChI is InChI=1S/C13H21N5/c1-4-5-15-12-8-13(17-11(3)16-12)18-7-6-14-10(2)9-18/h4,8,10,14H,1,5-7,9H2,2-3H3,(H,15,16,17). The smallest absolute Gasteiger partial charge is 0.134 e. The van der Waals surface area contributed by atoms with Crippen LogP contribution in [0.5, 0.6) is 0 Å². The molecule has 1 aliphatic rings. The van der Waals surface area contributed by atoms with Crippen molar-refractivity contribution in [2.75, 3.05) is 36.4 Å². The number of nitrogens with one attached hydrogen (secondary N) is 2. The molecule has 1 fully saturated rings. The fourth-order valence-corrected chi connectivity index (χ4v) is 2.12. The minimum Gasteiger partial charge on any atom is -0.366 e. The van der Waals surface area contributed by atoms with Gasteiger partial charge in [-0.2, -0.15) is 0 Å². The van der Waals surface area contributed by atoms with Gasteiger partial charge in [-0.1, -0.05) is 6.08 Å². The van der Waals surface area contributed by atoms with Gasteiger partial charge < -0.3 is 15.5 Å². The molecule has 2 heterocycles. The summed E-state index contributed by atoms with van der Waals surface area (Å²) in [5.41, 5.74) is 0. The Kier molecular flexibility index (Phi) is 4.15. The Bertz CT molecular complexity index is 418. The highest BCUT2D eigenvalue weighted by atomic mass is 15.3. The van der Waals surface area contributed by atoms with Crippen molar-refractivity contribution in [1.29, 1.82) is 0 Å². The van der Waals surface area contributed by atoms with Crippen molar-refractivity contribution in [1.82, 2.24) is 15.3 Å². The van der Waals surface area contributed by atoms with E-state index in [0.717, 1.165) is 37.1 Å². The summed E-state index contributed by atoms with van der Waals surface area (Å²) in [4.78, 5) is 11.2. The third kappa shape index (κ3) is 3.20. The Morgan fingerprint density at radius 1 is 1.61 bits per heavy atom. The van der Waals surface area contributed by atoms with Crippen molar-refractivity contribution >= 4 is 11.6 Å². The minimum absolute atomic E-state index is 0.499. The van der Waals surface area contributed by atoms with Crippen LogP contribution >= 0.6 is 0 Å². The molecule has 0 amide bonds. The molecule has 98 valence electrons. The molecule has 18 heavy (non-hydrogen) atoms. The second-order valence-corrected chi connectivity index (χ2v) is 4.63. The first-order chi connectivity index (χ1) is 8.69. The Hall–Kier alpha value is -1.62. The van der Waals surface area contributed by atoms with Crippen molar-refractivity contribution in [3.8, 4) is 0 Å². The molecular formula is C13H21N5. The van der Waals surface area contributed by atoms with E-state index in [1.165, 1.54) is 0 Å². The lowest BCUT2D eigenvalue weighted by Crippen LogP contribution is -2.49. The van der Waals surface area contributed by atoms with Gasteiger partial charge in [0.15, 0.2) is 0 Å². The fourth-order valence-electron chi connectivity index (χ4n) is 2.12. The van der Waals surface area contributed by atoms with Gasteiger partial charge in [0.25, 0.3) is 0 Å². The van der Waals surface area contributed by atoms with Crippen LogP contribution in [-0.2, 0) is 0 Å². The lowest BCUT2D eigenvalue weighted by atomic mass is 10.2. The largest absolute Gasteiger partial charge is 0.366 e. The second-order valence-electron chi connectivity index (χ2n) is 4.63. The van der Waals surface area contributed by atoms with E-state index in [4.69, 9.17) is 0 Å². The predicted molar refractivity (Wildman–Crippen MR) is 75.1 cm³/mol. The topological polar surface area (TPSA) is 53.1 Å². The molecule has 1 aromatic rings. The molecule has 1 atom stereocenters. The van der Waals surface area contributed by atoms with E-state index in [-0.39, 0.29) is 0 Å². The van der Waals surface area contributed by atoms with Crippen LogP contribution in [0.3, 0.4) is 0 Å². The van der Waals surface area contributed by atoms with Crippen molar-refractivity contribution in [3.63, 3.8) is 0 Å². The Balaban J connectivity index is 2.15. The molecule has 2 N–H and O–H groups in total. The first-order valence-corrected chi connectivity index (χ1v) is 6.38. The van der Waals surface area contributed by atoms with Gasteiger partial charge in [-0.05, 0) is 13.8 Å². The van der Waals surface area contributed by atoms with E-state index >= 15 is 0 Å². The number of aryl methyl sites for hydroxylation is 1. The highest BCUT2D eigenvalue weighted by Gasteiger charge is 2.17. The van der Waals surface area contributed by atoms with Crippen molar-refractivity contribution in [2.45, 2.75) is 19.9 Å². The van der Waals surface area contributed by atoms with E-state index in [0.29, 0.717) is 12.6 Å². The molecule has 0 bridgehead atoms. The van der Waals surface area contributed by atoms with E-state index in [1.54, 1.807) is 0 Å². The van der Waals surface area contributed by atoms with Gasteiger partial charge in [0.05, 0.1) is 0 Å². The number of nitrogens with zero attached hydrogens (tertiary/aromatic N) is 3. The second kappa shape index (κ2) is 5.82. The van der Waals surface area contributed by atoms with Crippen LogP contribution in [0.1, 0.15) is 12.7 Å². The zero-order valence-electron chi connectivity index (χ0n) is 11.1. The van der Waals surface area contributed by atoms with Crippen LogP contribution < -0.4 is 15.5 Å². The molecule has 0 aliphatic carbocycles. The first-order valence-electron chi connectivity index (χ1n) is 6.38. The van der Waals surface area contributed by atoms with Gasteiger partial charge in [-0.15, -0.1) is 6.58 Å². The number of piperazine rings is 1. The van der Waals surface area contributed by atoms with Crippen LogP contribution in [0.4, 0.5) is 11.6 Å². The van der Waals surface area contributed by atoms with Gasteiger partial charge in [0, 0.05) is 38.3 Å². The number of hydrogen-bond donors (Lipinski definition) is 2. The summed E-state index contributed by atoms with van der Waals surface area (Å²) in [5.74, 6) is 2.66. The number of rotatable bonds is 4. The zero-order chi connectivity index (χ0) is 13.0. The van der Waals surface area contributed by atoms with Gasteiger partial charge in [-0.25, -0.2) is 9.97 Å². The van der Waals surface area contributed by atoms with Gasteiger partial charge in [0.2, 0.25) is 0 Å². The van der Waals surface area contributed by atoms with Crippen LogP contribution in [-0.4, -0.2) is 42.2 Å². The molecule has 0 aromatic carbocycles. The summed E-state index contributed by atoms with van der Waals surface area (Å²) in [5, 5.41) is 6.65. The summed E-state index contributed by atoms with van der Waals surface area (Å²) in [6.45, 7) is 11.5. The zero-order valence-corrected chi connectivity index (χ0v) is 11.1. The molecule has 2 rings (SSSR count). The highest BCUT2D eigenvalue weighted by molar-refractivity contribution is 5.50. The molecule has 1 saturated heterocycles. The summed E-state index contributed by atoms with van der Waals surface area (Å²) in [6.07, 6.45) is 1.82. The lowest BCUT2D eigenvalue weighted by molar-refractivity contribution is 0.482. The molecule has 1 aliphatic heterocycles. The molecule has 0 radical (unpaired) electrons. The molecule has 5 heteroatoms. The molecular weight excluding hydrogens is 226 g/mol. The maximum atomic E-state index is 4.52. The Labute approximate surface area is 108 Å². The molecule has 1 unspecified atom stereocenters. The van der Waals surface area contributed by atoms with Crippen molar-refractivity contribution in [3.05, 3.63) is 24.5 Å². The van der Waals surface area contributed by atoms with Crippen LogP contribution in [0.15, 0.2) is 18.7 Å². The minimum atomic E-state index is 0.499. The molecule has 0 spiro atoms. The molecule has 0 saturated carbocycles. The third-order valence-electron chi connectivity index (χ3n) is 2.94. The van der Waals surface area contributed by atoms with E-state index in [1.807, 2.05) is 19.1 Å². The van der Waals surface area contributed by atoms with Gasteiger partial charge >= 0.3 is 0 Å². The lowest BCUT2D eigenvalue weighted by Gasteiger charge is -2.33.